The van der Waals surface area contributed by atoms with Crippen LogP contribution < -0.4 is 10.3 Å². The molecule has 0 aliphatic heterocycles. The maximum Gasteiger partial charge on any atom is 0.262 e. The fraction of sp³-hybridized carbons (Fsp3) is 0.133. The van der Waals surface area contributed by atoms with E-state index in [9.17, 15) is 9.18 Å². The van der Waals surface area contributed by atoms with E-state index in [1.807, 2.05) is 6.92 Å². The van der Waals surface area contributed by atoms with Crippen molar-refractivity contribution in [1.29, 1.82) is 0 Å². The van der Waals surface area contributed by atoms with Crippen molar-refractivity contribution in [3.8, 4) is 17.1 Å². The second-order valence-electron chi connectivity index (χ2n) is 4.60. The fourth-order valence-electron chi connectivity index (χ4n) is 2.19. The van der Waals surface area contributed by atoms with Crippen LogP contribution in [0.4, 0.5) is 4.39 Å². The molecule has 1 aromatic carbocycles. The van der Waals surface area contributed by atoms with Crippen molar-refractivity contribution >= 4 is 10.9 Å². The summed E-state index contributed by atoms with van der Waals surface area (Å²) >= 11 is 0. The topological polar surface area (TPSA) is 67.9 Å². The summed E-state index contributed by atoms with van der Waals surface area (Å²) < 4.78 is 18.6. The minimum Gasteiger partial charge on any atom is -0.496 e. The van der Waals surface area contributed by atoms with Crippen molar-refractivity contribution in [1.82, 2.24) is 15.0 Å². The lowest BCUT2D eigenvalue weighted by molar-refractivity contribution is 0.416. The van der Waals surface area contributed by atoms with Gasteiger partial charge in [0, 0.05) is 29.6 Å². The van der Waals surface area contributed by atoms with E-state index in [1.165, 1.54) is 13.2 Å². The lowest BCUT2D eigenvalue weighted by Crippen LogP contribution is -2.11. The maximum absolute atomic E-state index is 13.6. The van der Waals surface area contributed by atoms with E-state index in [0.29, 0.717) is 11.4 Å². The number of halogens is 1. The number of rotatable bonds is 2. The summed E-state index contributed by atoms with van der Waals surface area (Å²) in [5.74, 6) is 0.0242. The number of pyridine rings is 1. The number of nitrogens with zero attached hydrogens (tertiary/aromatic N) is 2. The summed E-state index contributed by atoms with van der Waals surface area (Å²) in [4.78, 5) is 23.3. The summed E-state index contributed by atoms with van der Waals surface area (Å²) in [6.45, 7) is 1.84. The molecule has 3 rings (SSSR count). The molecule has 0 aliphatic rings. The Balaban J connectivity index is 2.31. The van der Waals surface area contributed by atoms with E-state index in [-0.39, 0.29) is 22.2 Å². The van der Waals surface area contributed by atoms with E-state index >= 15 is 0 Å². The molecule has 2 aromatic heterocycles. The molecule has 3 aromatic rings. The third kappa shape index (κ3) is 2.35. The summed E-state index contributed by atoms with van der Waals surface area (Å²) in [6, 6.07) is 5.90. The number of aryl methyl sites for hydroxylation is 1. The molecule has 0 atom stereocenters. The summed E-state index contributed by atoms with van der Waals surface area (Å²) in [5, 5.41) is 0.230. The Morgan fingerprint density at radius 3 is 2.81 bits per heavy atom. The minimum absolute atomic E-state index is 0.163. The summed E-state index contributed by atoms with van der Waals surface area (Å²) in [6.07, 6.45) is 1.63. The Hall–Kier alpha value is -2.76. The molecule has 106 valence electrons. The molecular formula is C15H12FN3O2. The molecule has 1 N–H and O–H groups in total. The zero-order valence-electron chi connectivity index (χ0n) is 11.5. The van der Waals surface area contributed by atoms with Gasteiger partial charge in [0.25, 0.3) is 5.56 Å². The number of H-pyrrole nitrogens is 1. The van der Waals surface area contributed by atoms with Crippen molar-refractivity contribution in [2.45, 2.75) is 6.92 Å². The number of ether oxygens (including phenoxy) is 1. The van der Waals surface area contributed by atoms with Crippen LogP contribution in [0.5, 0.6) is 5.75 Å². The van der Waals surface area contributed by atoms with Crippen molar-refractivity contribution in [3.63, 3.8) is 0 Å². The third-order valence-electron chi connectivity index (χ3n) is 3.13. The highest BCUT2D eigenvalue weighted by Gasteiger charge is 2.12. The van der Waals surface area contributed by atoms with E-state index in [1.54, 1.807) is 18.3 Å². The van der Waals surface area contributed by atoms with Gasteiger partial charge in [0.1, 0.15) is 22.8 Å². The Bertz CT molecular complexity index is 890. The van der Waals surface area contributed by atoms with Gasteiger partial charge in [0.2, 0.25) is 0 Å². The number of benzene rings is 1. The SMILES string of the molecule is COc1cc(F)cc2nc(-c3ccnc(C)c3)[nH]c(=O)c12. The first-order valence-electron chi connectivity index (χ1n) is 6.29. The normalized spacial score (nSPS) is 10.8. The van der Waals surface area contributed by atoms with Crippen molar-refractivity contribution in [2.24, 2.45) is 0 Å². The molecular weight excluding hydrogens is 273 g/mol. The highest BCUT2D eigenvalue weighted by atomic mass is 19.1. The summed E-state index contributed by atoms with van der Waals surface area (Å²) in [5.41, 5.74) is 1.39. The minimum atomic E-state index is -0.505. The van der Waals surface area contributed by atoms with Crippen LogP contribution >= 0.6 is 0 Å². The Kier molecular flexibility index (Phi) is 3.13. The first kappa shape index (κ1) is 13.2. The number of nitrogens with one attached hydrogen (secondary N) is 1. The predicted molar refractivity (Wildman–Crippen MR) is 76.8 cm³/mol. The lowest BCUT2D eigenvalue weighted by Gasteiger charge is -2.07. The first-order chi connectivity index (χ1) is 10.1. The molecule has 6 heteroatoms. The van der Waals surface area contributed by atoms with Crippen LogP contribution in [0.1, 0.15) is 5.69 Å². The van der Waals surface area contributed by atoms with Gasteiger partial charge in [-0.15, -0.1) is 0 Å². The predicted octanol–water partition coefficient (Wildman–Crippen LogP) is 2.44. The van der Waals surface area contributed by atoms with Crippen LogP contribution in [-0.4, -0.2) is 22.1 Å². The number of methoxy groups -OCH3 is 1. The van der Waals surface area contributed by atoms with Crippen LogP contribution in [-0.2, 0) is 0 Å². The van der Waals surface area contributed by atoms with Gasteiger partial charge in [-0.05, 0) is 19.1 Å². The van der Waals surface area contributed by atoms with Gasteiger partial charge < -0.3 is 9.72 Å². The molecule has 0 radical (unpaired) electrons. The average molecular weight is 285 g/mol. The number of hydrogen-bond acceptors (Lipinski definition) is 4. The molecule has 0 saturated carbocycles. The molecule has 2 heterocycles. The molecule has 0 bridgehead atoms. The van der Waals surface area contributed by atoms with Crippen molar-refractivity contribution in [2.75, 3.05) is 7.11 Å². The number of aromatic nitrogens is 3. The van der Waals surface area contributed by atoms with Gasteiger partial charge >= 0.3 is 0 Å². The van der Waals surface area contributed by atoms with Gasteiger partial charge in [-0.3, -0.25) is 9.78 Å². The van der Waals surface area contributed by atoms with E-state index in [0.717, 1.165) is 11.8 Å². The van der Waals surface area contributed by atoms with Crippen LogP contribution in [0.15, 0.2) is 35.3 Å². The Morgan fingerprint density at radius 2 is 2.10 bits per heavy atom. The second-order valence-corrected chi connectivity index (χ2v) is 4.60. The molecule has 0 aliphatic carbocycles. The van der Waals surface area contributed by atoms with Crippen molar-refractivity contribution in [3.05, 3.63) is 52.3 Å². The highest BCUT2D eigenvalue weighted by molar-refractivity contribution is 5.85. The highest BCUT2D eigenvalue weighted by Crippen LogP contribution is 2.24. The first-order valence-corrected chi connectivity index (χ1v) is 6.29. The van der Waals surface area contributed by atoms with E-state index in [4.69, 9.17) is 4.74 Å². The summed E-state index contributed by atoms with van der Waals surface area (Å²) in [7, 11) is 1.38. The maximum atomic E-state index is 13.6. The molecule has 0 saturated heterocycles. The largest absolute Gasteiger partial charge is 0.496 e. The molecule has 0 unspecified atom stereocenters. The zero-order chi connectivity index (χ0) is 15.0. The third-order valence-corrected chi connectivity index (χ3v) is 3.13. The quantitative estimate of drug-likeness (QED) is 0.785. The molecule has 0 amide bonds. The van der Waals surface area contributed by atoms with E-state index in [2.05, 4.69) is 15.0 Å². The molecule has 0 fully saturated rings. The molecule has 5 nitrogen and oxygen atoms in total. The number of hydrogen-bond donors (Lipinski definition) is 1. The van der Waals surface area contributed by atoms with Gasteiger partial charge in [-0.2, -0.15) is 0 Å². The number of fused-ring (bicyclic) bond motifs is 1. The zero-order valence-corrected chi connectivity index (χ0v) is 11.5. The van der Waals surface area contributed by atoms with Crippen LogP contribution in [0.3, 0.4) is 0 Å². The van der Waals surface area contributed by atoms with Gasteiger partial charge in [0.15, 0.2) is 0 Å². The standard InChI is InChI=1S/C15H12FN3O2/c1-8-5-9(3-4-17-8)14-18-11-6-10(16)7-12(21-2)13(11)15(20)19-14/h3-7H,1-2H3,(H,18,19,20). The average Bonchev–Trinajstić information content (AvgIpc) is 2.45. The molecule has 0 spiro atoms. The Labute approximate surface area is 119 Å². The van der Waals surface area contributed by atoms with Crippen LogP contribution in [0.2, 0.25) is 0 Å². The van der Waals surface area contributed by atoms with E-state index < -0.39 is 5.82 Å². The number of aromatic amines is 1. The Morgan fingerprint density at radius 1 is 1.29 bits per heavy atom. The lowest BCUT2D eigenvalue weighted by atomic mass is 10.2. The molecule has 21 heavy (non-hydrogen) atoms. The van der Waals surface area contributed by atoms with Gasteiger partial charge in [-0.1, -0.05) is 0 Å². The van der Waals surface area contributed by atoms with Crippen LogP contribution in [0.25, 0.3) is 22.3 Å². The second kappa shape index (κ2) is 4.97. The van der Waals surface area contributed by atoms with Crippen LogP contribution in [0, 0.1) is 12.7 Å². The smallest absolute Gasteiger partial charge is 0.262 e. The monoisotopic (exact) mass is 285 g/mol. The van der Waals surface area contributed by atoms with Gasteiger partial charge in [0.05, 0.1) is 12.6 Å². The van der Waals surface area contributed by atoms with Gasteiger partial charge in [-0.25, -0.2) is 9.37 Å². The van der Waals surface area contributed by atoms with Crippen molar-refractivity contribution < 1.29 is 9.13 Å². The fourth-order valence-corrected chi connectivity index (χ4v) is 2.19.